The molecule has 1 heterocycles. The molecular weight excluding hydrogens is 258 g/mol. The predicted molar refractivity (Wildman–Crippen MR) is 81.3 cm³/mol. The van der Waals surface area contributed by atoms with Crippen LogP contribution in [0.1, 0.15) is 42.3 Å². The number of aryl methyl sites for hydroxylation is 2. The van der Waals surface area contributed by atoms with Crippen LogP contribution in [0.25, 0.3) is 10.9 Å². The van der Waals surface area contributed by atoms with Crippen molar-refractivity contribution in [1.82, 2.24) is 4.57 Å². The number of Topliss-reactive ketones (excluding diaryl/α,β-unsaturated/α-hetero) is 1. The van der Waals surface area contributed by atoms with E-state index in [0.717, 1.165) is 23.0 Å². The van der Waals surface area contributed by atoms with Crippen LogP contribution in [0.3, 0.4) is 0 Å². The van der Waals surface area contributed by atoms with E-state index >= 15 is 0 Å². The average molecular weight is 278 g/mol. The van der Waals surface area contributed by atoms with E-state index in [9.17, 15) is 4.79 Å². The highest BCUT2D eigenvalue weighted by Gasteiger charge is 2.20. The van der Waals surface area contributed by atoms with Gasteiger partial charge < -0.3 is 4.57 Å². The highest BCUT2D eigenvalue weighted by molar-refractivity contribution is 6.35. The number of rotatable bonds is 3. The fourth-order valence-corrected chi connectivity index (χ4v) is 3.08. The summed E-state index contributed by atoms with van der Waals surface area (Å²) in [4.78, 5) is 11.9. The Labute approximate surface area is 119 Å². The molecular formula is C16H20ClNO. The highest BCUT2D eigenvalue weighted by atomic mass is 35.5. The monoisotopic (exact) mass is 277 g/mol. The zero-order valence-corrected chi connectivity index (χ0v) is 12.9. The third-order valence-electron chi connectivity index (χ3n) is 3.34. The molecule has 0 radical (unpaired) electrons. The molecule has 0 saturated carbocycles. The number of hydrogen-bond acceptors (Lipinski definition) is 1. The van der Waals surface area contributed by atoms with Crippen LogP contribution in [0.4, 0.5) is 0 Å². The molecule has 0 amide bonds. The van der Waals surface area contributed by atoms with Gasteiger partial charge in [0, 0.05) is 11.9 Å². The Morgan fingerprint density at radius 2 is 1.95 bits per heavy atom. The second kappa shape index (κ2) is 5.01. The average Bonchev–Trinajstić information content (AvgIpc) is 2.53. The van der Waals surface area contributed by atoms with Gasteiger partial charge in [-0.1, -0.05) is 31.5 Å². The summed E-state index contributed by atoms with van der Waals surface area (Å²) in [5, 5.41) is 1.58. The first-order valence-electron chi connectivity index (χ1n) is 6.62. The Balaban J connectivity index is 2.88. The summed E-state index contributed by atoms with van der Waals surface area (Å²) in [6.45, 7) is 10.8. The van der Waals surface area contributed by atoms with E-state index in [2.05, 4.69) is 37.5 Å². The van der Waals surface area contributed by atoms with Gasteiger partial charge in [0.15, 0.2) is 5.78 Å². The third kappa shape index (κ3) is 2.42. The van der Waals surface area contributed by atoms with E-state index in [1.54, 1.807) is 6.92 Å². The van der Waals surface area contributed by atoms with E-state index in [1.807, 2.05) is 6.92 Å². The lowest BCUT2D eigenvalue weighted by molar-refractivity contribution is 0.101. The molecule has 0 fully saturated rings. The smallest absolute Gasteiger partial charge is 0.163 e. The largest absolute Gasteiger partial charge is 0.331 e. The lowest BCUT2D eigenvalue weighted by atomic mass is 10.0. The van der Waals surface area contributed by atoms with Gasteiger partial charge in [0.25, 0.3) is 0 Å². The van der Waals surface area contributed by atoms with Crippen LogP contribution in [0.2, 0.25) is 5.15 Å². The molecule has 19 heavy (non-hydrogen) atoms. The zero-order chi connectivity index (χ0) is 14.3. The standard InChI is InChI=1S/C16H20ClNO/c1-9(2)8-18-13-7-10(3)6-11(4)14(13)15(12(5)19)16(18)17/h6-7,9H,8H2,1-5H3. The molecule has 0 aliphatic rings. The summed E-state index contributed by atoms with van der Waals surface area (Å²) < 4.78 is 2.07. The van der Waals surface area contributed by atoms with Crippen LogP contribution >= 0.6 is 11.6 Å². The van der Waals surface area contributed by atoms with E-state index in [0.29, 0.717) is 16.6 Å². The minimum atomic E-state index is 0.0319. The molecule has 0 spiro atoms. The first-order valence-corrected chi connectivity index (χ1v) is 7.00. The summed E-state index contributed by atoms with van der Waals surface area (Å²) in [6.07, 6.45) is 0. The number of nitrogens with zero attached hydrogens (tertiary/aromatic N) is 1. The van der Waals surface area contributed by atoms with Crippen molar-refractivity contribution >= 4 is 28.3 Å². The molecule has 0 saturated heterocycles. The second-order valence-electron chi connectivity index (χ2n) is 5.70. The molecule has 102 valence electrons. The van der Waals surface area contributed by atoms with Crippen molar-refractivity contribution in [3.05, 3.63) is 34.0 Å². The molecule has 2 nitrogen and oxygen atoms in total. The van der Waals surface area contributed by atoms with Crippen molar-refractivity contribution < 1.29 is 4.79 Å². The highest BCUT2D eigenvalue weighted by Crippen LogP contribution is 2.34. The summed E-state index contributed by atoms with van der Waals surface area (Å²) in [5.41, 5.74) is 4.04. The van der Waals surface area contributed by atoms with Crippen LogP contribution in [0.5, 0.6) is 0 Å². The number of carbonyl (C=O) groups is 1. The van der Waals surface area contributed by atoms with Gasteiger partial charge in [0.1, 0.15) is 5.15 Å². The summed E-state index contributed by atoms with van der Waals surface area (Å²) >= 11 is 6.46. The van der Waals surface area contributed by atoms with Crippen molar-refractivity contribution in [3.63, 3.8) is 0 Å². The van der Waals surface area contributed by atoms with Crippen LogP contribution in [0.15, 0.2) is 12.1 Å². The molecule has 1 aromatic heterocycles. The lowest BCUT2D eigenvalue weighted by Gasteiger charge is -2.10. The van der Waals surface area contributed by atoms with Crippen molar-refractivity contribution in [2.24, 2.45) is 5.92 Å². The molecule has 0 N–H and O–H groups in total. The molecule has 0 bridgehead atoms. The van der Waals surface area contributed by atoms with E-state index in [4.69, 9.17) is 11.6 Å². The maximum absolute atomic E-state index is 11.9. The fraction of sp³-hybridized carbons (Fsp3) is 0.438. The zero-order valence-electron chi connectivity index (χ0n) is 12.2. The summed E-state index contributed by atoms with van der Waals surface area (Å²) in [6, 6.07) is 4.22. The van der Waals surface area contributed by atoms with Crippen molar-refractivity contribution in [2.45, 2.75) is 41.2 Å². The molecule has 0 atom stereocenters. The van der Waals surface area contributed by atoms with Crippen LogP contribution in [-0.2, 0) is 6.54 Å². The molecule has 1 aromatic carbocycles. The molecule has 0 aliphatic heterocycles. The van der Waals surface area contributed by atoms with Gasteiger partial charge in [0.2, 0.25) is 0 Å². The Hall–Kier alpha value is -1.28. The topological polar surface area (TPSA) is 22.0 Å². The molecule has 0 unspecified atom stereocenters. The normalized spacial score (nSPS) is 11.5. The van der Waals surface area contributed by atoms with Crippen LogP contribution < -0.4 is 0 Å². The molecule has 3 heteroatoms. The maximum atomic E-state index is 11.9. The van der Waals surface area contributed by atoms with E-state index in [1.165, 1.54) is 5.56 Å². The van der Waals surface area contributed by atoms with Gasteiger partial charge in [0.05, 0.1) is 11.1 Å². The van der Waals surface area contributed by atoms with Gasteiger partial charge in [-0.15, -0.1) is 0 Å². The van der Waals surface area contributed by atoms with Crippen molar-refractivity contribution in [2.75, 3.05) is 0 Å². The van der Waals surface area contributed by atoms with Crippen molar-refractivity contribution in [3.8, 4) is 0 Å². The minimum absolute atomic E-state index is 0.0319. The van der Waals surface area contributed by atoms with E-state index in [-0.39, 0.29) is 5.78 Å². The van der Waals surface area contributed by atoms with Gasteiger partial charge in [-0.3, -0.25) is 4.79 Å². The first kappa shape index (κ1) is 14.1. The summed E-state index contributed by atoms with van der Waals surface area (Å²) in [7, 11) is 0. The quantitative estimate of drug-likeness (QED) is 0.741. The molecule has 0 aliphatic carbocycles. The van der Waals surface area contributed by atoms with Gasteiger partial charge in [-0.25, -0.2) is 0 Å². The maximum Gasteiger partial charge on any atom is 0.163 e. The Morgan fingerprint density at radius 3 is 2.47 bits per heavy atom. The van der Waals surface area contributed by atoms with Gasteiger partial charge in [-0.2, -0.15) is 0 Å². The Bertz CT molecular complexity index is 653. The SMILES string of the molecule is CC(=O)c1c(Cl)n(CC(C)C)c2cc(C)cc(C)c12. The number of aromatic nitrogens is 1. The Kier molecular flexibility index (Phi) is 3.73. The fourth-order valence-electron chi connectivity index (χ4n) is 2.69. The van der Waals surface area contributed by atoms with Crippen LogP contribution in [-0.4, -0.2) is 10.4 Å². The van der Waals surface area contributed by atoms with E-state index < -0.39 is 0 Å². The Morgan fingerprint density at radius 1 is 1.32 bits per heavy atom. The van der Waals surface area contributed by atoms with Crippen molar-refractivity contribution in [1.29, 1.82) is 0 Å². The number of fused-ring (bicyclic) bond motifs is 1. The summed E-state index contributed by atoms with van der Waals surface area (Å²) in [5.74, 6) is 0.512. The second-order valence-corrected chi connectivity index (χ2v) is 6.06. The number of carbonyl (C=O) groups excluding carboxylic acids is 1. The number of halogens is 1. The predicted octanol–water partition coefficient (Wildman–Crippen LogP) is 4.77. The molecule has 2 rings (SSSR count). The number of hydrogen-bond donors (Lipinski definition) is 0. The lowest BCUT2D eigenvalue weighted by Crippen LogP contribution is -2.05. The minimum Gasteiger partial charge on any atom is -0.331 e. The third-order valence-corrected chi connectivity index (χ3v) is 3.74. The van der Waals surface area contributed by atoms with Gasteiger partial charge in [-0.05, 0) is 43.9 Å². The number of benzene rings is 1. The first-order chi connectivity index (χ1) is 8.82. The van der Waals surface area contributed by atoms with Gasteiger partial charge >= 0.3 is 0 Å². The van der Waals surface area contributed by atoms with Crippen LogP contribution in [0, 0.1) is 19.8 Å². The molecule has 2 aromatic rings. The number of ketones is 1.